The molecule has 0 unspecified atom stereocenters. The molecular weight excluding hydrogens is 459 g/mol. The quantitative estimate of drug-likeness (QED) is 0.373. The third kappa shape index (κ3) is 5.70. The van der Waals surface area contributed by atoms with Crippen molar-refractivity contribution in [3.8, 4) is 0 Å². The number of carbonyl (C=O) groups is 1. The second-order valence-electron chi connectivity index (χ2n) is 5.94. The number of rotatable bonds is 6. The summed E-state index contributed by atoms with van der Waals surface area (Å²) >= 11 is 1.73. The number of halogens is 1. The normalized spacial score (nSPS) is 14.3. The molecule has 0 bridgehead atoms. The molecule has 140 valence electrons. The van der Waals surface area contributed by atoms with Crippen LogP contribution in [0.25, 0.3) is 0 Å². The number of thiophene rings is 1. The van der Waals surface area contributed by atoms with Crippen LogP contribution in [0.2, 0.25) is 0 Å². The van der Waals surface area contributed by atoms with Gasteiger partial charge in [-0.15, -0.1) is 35.3 Å². The average molecular weight is 484 g/mol. The summed E-state index contributed by atoms with van der Waals surface area (Å²) in [5, 5.41) is 8.70. The van der Waals surface area contributed by atoms with Crippen molar-refractivity contribution < 1.29 is 4.79 Å². The maximum absolute atomic E-state index is 11.8. The Morgan fingerprint density at radius 1 is 1.23 bits per heavy atom. The lowest BCUT2D eigenvalue weighted by Crippen LogP contribution is -2.36. The zero-order chi connectivity index (χ0) is 17.5. The molecule has 1 aliphatic rings. The van der Waals surface area contributed by atoms with Crippen LogP contribution < -0.4 is 15.5 Å². The van der Waals surface area contributed by atoms with Crippen LogP contribution in [0.3, 0.4) is 0 Å². The second kappa shape index (κ2) is 10.5. The third-order valence-corrected chi connectivity index (χ3v) is 4.97. The van der Waals surface area contributed by atoms with Crippen LogP contribution in [0.4, 0.5) is 5.69 Å². The van der Waals surface area contributed by atoms with Gasteiger partial charge >= 0.3 is 0 Å². The fourth-order valence-corrected chi connectivity index (χ4v) is 3.44. The topological polar surface area (TPSA) is 56.7 Å². The predicted molar refractivity (Wildman–Crippen MR) is 119 cm³/mol. The van der Waals surface area contributed by atoms with E-state index < -0.39 is 0 Å². The molecule has 5 nitrogen and oxygen atoms in total. The number of amides is 1. The lowest BCUT2D eigenvalue weighted by Gasteiger charge is -2.15. The van der Waals surface area contributed by atoms with Gasteiger partial charge in [-0.2, -0.15) is 0 Å². The van der Waals surface area contributed by atoms with E-state index in [-0.39, 0.29) is 29.9 Å². The van der Waals surface area contributed by atoms with Gasteiger partial charge in [0.1, 0.15) is 0 Å². The standard InChI is InChI=1S/C19H24N4OS.HI/c1-2-20-19(22-14-17-5-4-12-25-17)21-13-15-7-9-16(10-8-15)23-11-3-6-18(23)24;/h4-5,7-10,12H,2-3,6,11,13-14H2,1H3,(H2,20,21,22);1H. The fraction of sp³-hybridized carbons (Fsp3) is 0.368. The van der Waals surface area contributed by atoms with E-state index in [0.29, 0.717) is 13.0 Å². The Balaban J connectivity index is 0.00000243. The molecule has 7 heteroatoms. The van der Waals surface area contributed by atoms with Gasteiger partial charge in [0.15, 0.2) is 5.96 Å². The highest BCUT2D eigenvalue weighted by atomic mass is 127. The molecule has 0 spiro atoms. The Hall–Kier alpha value is -1.61. The van der Waals surface area contributed by atoms with Gasteiger partial charge in [-0.25, -0.2) is 4.99 Å². The maximum Gasteiger partial charge on any atom is 0.227 e. The summed E-state index contributed by atoms with van der Waals surface area (Å²) in [6.07, 6.45) is 1.61. The average Bonchev–Trinajstić information content (AvgIpc) is 3.29. The van der Waals surface area contributed by atoms with E-state index >= 15 is 0 Å². The molecule has 1 saturated heterocycles. The Labute approximate surface area is 175 Å². The zero-order valence-corrected chi connectivity index (χ0v) is 18.1. The van der Waals surface area contributed by atoms with E-state index in [1.165, 1.54) is 4.88 Å². The highest BCUT2D eigenvalue weighted by Gasteiger charge is 2.21. The minimum atomic E-state index is 0. The Bertz CT molecular complexity index is 716. The first kappa shape index (κ1) is 20.7. The molecule has 0 saturated carbocycles. The minimum Gasteiger partial charge on any atom is -0.357 e. The predicted octanol–water partition coefficient (Wildman–Crippen LogP) is 3.75. The number of benzene rings is 1. The molecule has 2 heterocycles. The summed E-state index contributed by atoms with van der Waals surface area (Å²) in [7, 11) is 0. The number of aliphatic imine (C=N–C) groups is 1. The van der Waals surface area contributed by atoms with Gasteiger partial charge in [-0.3, -0.25) is 4.79 Å². The van der Waals surface area contributed by atoms with Crippen LogP contribution in [-0.2, 0) is 17.9 Å². The number of anilines is 1. The second-order valence-corrected chi connectivity index (χ2v) is 6.98. The number of nitrogens with zero attached hydrogens (tertiary/aromatic N) is 2. The van der Waals surface area contributed by atoms with Gasteiger partial charge in [-0.05, 0) is 42.5 Å². The largest absolute Gasteiger partial charge is 0.357 e. The van der Waals surface area contributed by atoms with E-state index in [2.05, 4.69) is 40.1 Å². The Morgan fingerprint density at radius 3 is 2.65 bits per heavy atom. The monoisotopic (exact) mass is 484 g/mol. The number of nitrogens with one attached hydrogen (secondary N) is 2. The smallest absolute Gasteiger partial charge is 0.227 e. The highest BCUT2D eigenvalue weighted by molar-refractivity contribution is 14.0. The number of carbonyl (C=O) groups excluding carboxylic acids is 1. The maximum atomic E-state index is 11.8. The number of hydrogen-bond acceptors (Lipinski definition) is 3. The zero-order valence-electron chi connectivity index (χ0n) is 14.9. The Morgan fingerprint density at radius 2 is 2.04 bits per heavy atom. The molecule has 1 aromatic heterocycles. The molecule has 3 rings (SSSR count). The summed E-state index contributed by atoms with van der Waals surface area (Å²) in [6.45, 7) is 5.09. The molecule has 1 amide bonds. The molecule has 0 aliphatic carbocycles. The van der Waals surface area contributed by atoms with Crippen molar-refractivity contribution in [1.82, 2.24) is 10.6 Å². The lowest BCUT2D eigenvalue weighted by molar-refractivity contribution is -0.117. The van der Waals surface area contributed by atoms with Gasteiger partial charge in [0.05, 0.1) is 13.1 Å². The fourth-order valence-electron chi connectivity index (χ4n) is 2.80. The minimum absolute atomic E-state index is 0. The van der Waals surface area contributed by atoms with Crippen molar-refractivity contribution >= 4 is 52.9 Å². The van der Waals surface area contributed by atoms with E-state index in [9.17, 15) is 4.79 Å². The summed E-state index contributed by atoms with van der Waals surface area (Å²) in [6, 6.07) is 12.3. The lowest BCUT2D eigenvalue weighted by atomic mass is 10.2. The van der Waals surface area contributed by atoms with Gasteiger partial charge in [-0.1, -0.05) is 18.2 Å². The summed E-state index contributed by atoms with van der Waals surface area (Å²) in [4.78, 5) is 19.6. The first-order chi connectivity index (χ1) is 12.3. The van der Waals surface area contributed by atoms with Crippen LogP contribution >= 0.6 is 35.3 Å². The van der Waals surface area contributed by atoms with Gasteiger partial charge in [0.2, 0.25) is 5.91 Å². The van der Waals surface area contributed by atoms with Crippen LogP contribution in [-0.4, -0.2) is 25.0 Å². The SMILES string of the molecule is CCNC(=NCc1ccc(N2CCCC2=O)cc1)NCc1cccs1.I. The molecule has 0 radical (unpaired) electrons. The summed E-state index contributed by atoms with van der Waals surface area (Å²) in [5.41, 5.74) is 2.11. The van der Waals surface area contributed by atoms with Crippen molar-refractivity contribution in [2.24, 2.45) is 4.99 Å². The van der Waals surface area contributed by atoms with E-state index in [1.54, 1.807) is 11.3 Å². The van der Waals surface area contributed by atoms with Crippen molar-refractivity contribution in [3.63, 3.8) is 0 Å². The molecule has 1 aliphatic heterocycles. The molecular formula is C19H25IN4OS. The van der Waals surface area contributed by atoms with Crippen molar-refractivity contribution in [2.45, 2.75) is 32.9 Å². The molecule has 1 fully saturated rings. The molecule has 2 N–H and O–H groups in total. The first-order valence-electron chi connectivity index (χ1n) is 8.70. The molecule has 1 aromatic carbocycles. The van der Waals surface area contributed by atoms with E-state index in [0.717, 1.165) is 43.3 Å². The third-order valence-electron chi connectivity index (χ3n) is 4.10. The Kier molecular flexibility index (Phi) is 8.37. The van der Waals surface area contributed by atoms with Crippen LogP contribution in [0.1, 0.15) is 30.2 Å². The van der Waals surface area contributed by atoms with Crippen molar-refractivity contribution in [2.75, 3.05) is 18.0 Å². The highest BCUT2D eigenvalue weighted by Crippen LogP contribution is 2.21. The van der Waals surface area contributed by atoms with Gasteiger partial charge in [0.25, 0.3) is 0 Å². The summed E-state index contributed by atoms with van der Waals surface area (Å²) in [5.74, 6) is 1.03. The first-order valence-corrected chi connectivity index (χ1v) is 9.58. The van der Waals surface area contributed by atoms with E-state index in [1.807, 2.05) is 29.2 Å². The van der Waals surface area contributed by atoms with E-state index in [4.69, 9.17) is 0 Å². The van der Waals surface area contributed by atoms with Crippen LogP contribution in [0.15, 0.2) is 46.8 Å². The van der Waals surface area contributed by atoms with Gasteiger partial charge < -0.3 is 15.5 Å². The van der Waals surface area contributed by atoms with Crippen molar-refractivity contribution in [1.29, 1.82) is 0 Å². The van der Waals surface area contributed by atoms with Crippen LogP contribution in [0.5, 0.6) is 0 Å². The van der Waals surface area contributed by atoms with Crippen LogP contribution in [0, 0.1) is 0 Å². The van der Waals surface area contributed by atoms with Gasteiger partial charge in [0, 0.05) is 30.1 Å². The number of hydrogen-bond donors (Lipinski definition) is 2. The molecule has 0 atom stereocenters. The molecule has 2 aromatic rings. The number of guanidine groups is 1. The molecule has 26 heavy (non-hydrogen) atoms. The van der Waals surface area contributed by atoms with Crippen molar-refractivity contribution in [3.05, 3.63) is 52.2 Å². The summed E-state index contributed by atoms with van der Waals surface area (Å²) < 4.78 is 0.